The molecule has 6 nitrogen and oxygen atoms in total. The van der Waals surface area contributed by atoms with Gasteiger partial charge in [0.05, 0.1) is 12.2 Å². The summed E-state index contributed by atoms with van der Waals surface area (Å²) in [5, 5.41) is 0. The molecule has 4 rings (SSSR count). The molecule has 168 valence electrons. The van der Waals surface area contributed by atoms with Gasteiger partial charge in [0.2, 0.25) is 12.6 Å². The van der Waals surface area contributed by atoms with Crippen LogP contribution in [0.15, 0.2) is 11.6 Å². The van der Waals surface area contributed by atoms with E-state index in [0.717, 1.165) is 18.6 Å². The van der Waals surface area contributed by atoms with E-state index in [2.05, 4.69) is 26.8 Å². The molecule has 7 atom stereocenters. The Hall–Kier alpha value is -1.40. The minimum absolute atomic E-state index is 0.0988. The number of ether oxygens (including phenoxy) is 4. The van der Waals surface area contributed by atoms with Gasteiger partial charge in [-0.25, -0.2) is 0 Å². The standard InChI is InChI=1S/C24H36O6/c1-15-8-12-23(5)19(7-6-10-24(23)14-27-24)22(15,4)11-9-18-13-20(28-16(2)25)30-21(18)29-17(3)26/h9,15,19-21H,6-8,10-14H2,1-5H3/b18-9-/t15-,19?,20?,21?,22+,23-,24-/m1/s1. The highest BCUT2D eigenvalue weighted by molar-refractivity contribution is 5.67. The zero-order valence-corrected chi connectivity index (χ0v) is 19.0. The maximum atomic E-state index is 11.6. The Kier molecular flexibility index (Phi) is 5.55. The van der Waals surface area contributed by atoms with Gasteiger partial charge in [0.25, 0.3) is 0 Å². The van der Waals surface area contributed by atoms with E-state index >= 15 is 0 Å². The third kappa shape index (κ3) is 3.60. The second-order valence-electron chi connectivity index (χ2n) is 10.4. The van der Waals surface area contributed by atoms with E-state index in [0.29, 0.717) is 18.3 Å². The molecule has 2 saturated carbocycles. The van der Waals surface area contributed by atoms with Crippen molar-refractivity contribution in [2.24, 2.45) is 22.7 Å². The van der Waals surface area contributed by atoms with Gasteiger partial charge in [0, 0.05) is 31.3 Å². The normalized spacial score (nSPS) is 46.5. The molecule has 0 N–H and O–H groups in total. The Morgan fingerprint density at radius 1 is 1.13 bits per heavy atom. The summed E-state index contributed by atoms with van der Waals surface area (Å²) in [5.74, 6) is 0.392. The van der Waals surface area contributed by atoms with Crippen LogP contribution in [0.2, 0.25) is 0 Å². The highest BCUT2D eigenvalue weighted by atomic mass is 16.8. The van der Waals surface area contributed by atoms with Gasteiger partial charge >= 0.3 is 11.9 Å². The molecule has 0 aromatic rings. The average molecular weight is 421 g/mol. The van der Waals surface area contributed by atoms with Crippen LogP contribution in [0.3, 0.4) is 0 Å². The van der Waals surface area contributed by atoms with Gasteiger partial charge in [-0.3, -0.25) is 14.3 Å². The van der Waals surface area contributed by atoms with Crippen LogP contribution < -0.4 is 0 Å². The highest BCUT2D eigenvalue weighted by Crippen LogP contribution is 2.68. The number of carbonyl (C=O) groups is 2. The molecule has 0 radical (unpaired) electrons. The summed E-state index contributed by atoms with van der Waals surface area (Å²) in [4.78, 5) is 22.9. The van der Waals surface area contributed by atoms with Crippen molar-refractivity contribution < 1.29 is 28.5 Å². The molecule has 30 heavy (non-hydrogen) atoms. The monoisotopic (exact) mass is 420 g/mol. The number of rotatable bonds is 4. The molecule has 0 bridgehead atoms. The van der Waals surface area contributed by atoms with Crippen LogP contribution in [0.4, 0.5) is 0 Å². The molecule has 0 amide bonds. The minimum Gasteiger partial charge on any atom is -0.435 e. The minimum atomic E-state index is -0.773. The largest absolute Gasteiger partial charge is 0.435 e. The zero-order chi connectivity index (χ0) is 21.7. The van der Waals surface area contributed by atoms with E-state index in [1.54, 1.807) is 0 Å². The number of fused-ring (bicyclic) bond motifs is 2. The first-order valence-electron chi connectivity index (χ1n) is 11.4. The summed E-state index contributed by atoms with van der Waals surface area (Å²) in [7, 11) is 0. The Bertz CT molecular complexity index is 740. The molecule has 4 aliphatic rings. The molecule has 3 unspecified atom stereocenters. The van der Waals surface area contributed by atoms with Crippen LogP contribution in [-0.4, -0.2) is 36.7 Å². The van der Waals surface area contributed by atoms with Crippen molar-refractivity contribution in [1.82, 2.24) is 0 Å². The maximum Gasteiger partial charge on any atom is 0.305 e. The third-order valence-corrected chi connectivity index (χ3v) is 8.75. The molecule has 2 aliphatic carbocycles. The summed E-state index contributed by atoms with van der Waals surface area (Å²) in [5.41, 5.74) is 1.36. The van der Waals surface area contributed by atoms with Crippen molar-refractivity contribution in [2.75, 3.05) is 6.61 Å². The molecule has 4 fully saturated rings. The van der Waals surface area contributed by atoms with Gasteiger partial charge in [-0.2, -0.15) is 0 Å². The van der Waals surface area contributed by atoms with E-state index in [1.165, 1.54) is 46.0 Å². The molecule has 2 aliphatic heterocycles. The summed E-state index contributed by atoms with van der Waals surface area (Å²) in [6, 6.07) is 0. The zero-order valence-electron chi connectivity index (χ0n) is 19.0. The van der Waals surface area contributed by atoms with Crippen LogP contribution in [0.1, 0.15) is 79.6 Å². The van der Waals surface area contributed by atoms with Gasteiger partial charge in [-0.15, -0.1) is 0 Å². The Labute approximate surface area is 179 Å². The summed E-state index contributed by atoms with van der Waals surface area (Å²) < 4.78 is 22.4. The fourth-order valence-electron chi connectivity index (χ4n) is 6.67. The molecule has 2 heterocycles. The van der Waals surface area contributed by atoms with Crippen LogP contribution in [0.5, 0.6) is 0 Å². The molecular weight excluding hydrogens is 384 g/mol. The van der Waals surface area contributed by atoms with Crippen molar-refractivity contribution in [3.05, 3.63) is 11.6 Å². The van der Waals surface area contributed by atoms with Crippen LogP contribution >= 0.6 is 0 Å². The lowest BCUT2D eigenvalue weighted by atomic mass is 9.44. The summed E-state index contributed by atoms with van der Waals surface area (Å²) in [6.45, 7) is 10.9. The molecule has 1 spiro atoms. The van der Waals surface area contributed by atoms with Gasteiger partial charge in [0.1, 0.15) is 0 Å². The van der Waals surface area contributed by atoms with Gasteiger partial charge < -0.3 is 14.2 Å². The molecule has 0 aromatic carbocycles. The van der Waals surface area contributed by atoms with Crippen molar-refractivity contribution in [2.45, 2.75) is 97.7 Å². The SMILES string of the molecule is CC(=O)OC1C/C(=C/C[C@]2(C)C3CCC[C@@]4(CO4)[C@]3(C)CC[C@H]2C)C(OC(C)=O)O1. The van der Waals surface area contributed by atoms with Crippen LogP contribution in [0.25, 0.3) is 0 Å². The number of esters is 2. The number of hydrogen-bond donors (Lipinski definition) is 0. The first-order valence-corrected chi connectivity index (χ1v) is 11.4. The Morgan fingerprint density at radius 2 is 1.83 bits per heavy atom. The van der Waals surface area contributed by atoms with Crippen LogP contribution in [0, 0.1) is 22.7 Å². The lowest BCUT2D eigenvalue weighted by molar-refractivity contribution is -0.204. The lowest BCUT2D eigenvalue weighted by Gasteiger charge is -2.60. The van der Waals surface area contributed by atoms with E-state index in [4.69, 9.17) is 18.9 Å². The van der Waals surface area contributed by atoms with Gasteiger partial charge in [0.15, 0.2) is 0 Å². The van der Waals surface area contributed by atoms with Crippen molar-refractivity contribution in [3.8, 4) is 0 Å². The fourth-order valence-corrected chi connectivity index (χ4v) is 6.67. The second-order valence-corrected chi connectivity index (χ2v) is 10.4. The fraction of sp³-hybridized carbons (Fsp3) is 0.833. The molecular formula is C24H36O6. The van der Waals surface area contributed by atoms with Crippen molar-refractivity contribution in [3.63, 3.8) is 0 Å². The molecule has 6 heteroatoms. The van der Waals surface area contributed by atoms with Crippen molar-refractivity contribution >= 4 is 11.9 Å². The smallest absolute Gasteiger partial charge is 0.305 e. The third-order valence-electron chi connectivity index (χ3n) is 8.75. The highest BCUT2D eigenvalue weighted by Gasteiger charge is 2.67. The number of epoxide rings is 1. The Morgan fingerprint density at radius 3 is 2.47 bits per heavy atom. The van der Waals surface area contributed by atoms with Crippen molar-refractivity contribution in [1.29, 1.82) is 0 Å². The summed E-state index contributed by atoms with van der Waals surface area (Å²) in [6.07, 6.45) is 8.16. The van der Waals surface area contributed by atoms with Gasteiger partial charge in [-0.05, 0) is 49.4 Å². The van der Waals surface area contributed by atoms with Crippen LogP contribution in [-0.2, 0) is 28.5 Å². The number of carbonyl (C=O) groups excluding carboxylic acids is 2. The average Bonchev–Trinajstić information content (AvgIpc) is 3.35. The first kappa shape index (κ1) is 21.8. The predicted molar refractivity (Wildman–Crippen MR) is 110 cm³/mol. The van der Waals surface area contributed by atoms with Gasteiger partial charge in [-0.1, -0.05) is 33.3 Å². The summed E-state index contributed by atoms with van der Waals surface area (Å²) >= 11 is 0. The number of hydrogen-bond acceptors (Lipinski definition) is 6. The Balaban J connectivity index is 1.56. The molecule has 2 saturated heterocycles. The molecule has 0 aromatic heterocycles. The van der Waals surface area contributed by atoms with E-state index < -0.39 is 24.5 Å². The first-order chi connectivity index (χ1) is 14.1. The number of allylic oxidation sites excluding steroid dienone is 1. The topological polar surface area (TPSA) is 74.4 Å². The second kappa shape index (κ2) is 7.63. The maximum absolute atomic E-state index is 11.6. The van der Waals surface area contributed by atoms with E-state index in [9.17, 15) is 9.59 Å². The quantitative estimate of drug-likeness (QED) is 0.378. The lowest BCUT2D eigenvalue weighted by Crippen LogP contribution is -2.56. The van der Waals surface area contributed by atoms with E-state index in [-0.39, 0.29) is 16.4 Å². The predicted octanol–water partition coefficient (Wildman–Crippen LogP) is 4.51. The van der Waals surface area contributed by atoms with E-state index in [1.807, 2.05) is 0 Å².